The van der Waals surface area contributed by atoms with Gasteiger partial charge in [0.25, 0.3) is 0 Å². The number of phenolic OH excluding ortho intramolecular Hbond substituents is 1. The van der Waals surface area contributed by atoms with E-state index in [2.05, 4.69) is 36.1 Å². The van der Waals surface area contributed by atoms with Gasteiger partial charge in [0.05, 0.1) is 21.1 Å². The van der Waals surface area contributed by atoms with Gasteiger partial charge in [0.1, 0.15) is 18.1 Å². The molecule has 0 atom stereocenters. The topological polar surface area (TPSA) is 61.3 Å². The lowest BCUT2D eigenvalue weighted by atomic mass is 10.1. The standard InChI is InChI=1S/C16H22N4O/c1-20(2,3)12-13-4-5-15(21)14(10-13)11-17-7-6-16-18-8-9-19-16/h4-5,8-11H,6-7,12H2,1-3H3,(H-,17,18,19,21)/p+1. The van der Waals surface area contributed by atoms with Gasteiger partial charge in [-0.2, -0.15) is 0 Å². The van der Waals surface area contributed by atoms with E-state index in [9.17, 15) is 5.11 Å². The summed E-state index contributed by atoms with van der Waals surface area (Å²) < 4.78 is 0.847. The number of hydrogen-bond donors (Lipinski definition) is 2. The zero-order valence-electron chi connectivity index (χ0n) is 12.9. The zero-order valence-corrected chi connectivity index (χ0v) is 12.9. The predicted octanol–water partition coefficient (Wildman–Crippen LogP) is 1.98. The summed E-state index contributed by atoms with van der Waals surface area (Å²) in [6, 6.07) is 5.69. The number of quaternary nitrogens is 1. The van der Waals surface area contributed by atoms with E-state index in [-0.39, 0.29) is 5.75 Å². The van der Waals surface area contributed by atoms with Crippen molar-refractivity contribution in [2.75, 3.05) is 27.7 Å². The maximum Gasteiger partial charge on any atom is 0.124 e. The smallest absolute Gasteiger partial charge is 0.124 e. The molecule has 0 unspecified atom stereocenters. The summed E-state index contributed by atoms with van der Waals surface area (Å²) in [6.45, 7) is 1.56. The third-order valence-corrected chi connectivity index (χ3v) is 3.01. The van der Waals surface area contributed by atoms with Gasteiger partial charge in [0.2, 0.25) is 0 Å². The summed E-state index contributed by atoms with van der Waals surface area (Å²) in [6.07, 6.45) is 6.04. The molecule has 21 heavy (non-hydrogen) atoms. The van der Waals surface area contributed by atoms with Crippen LogP contribution in [0, 0.1) is 0 Å². The molecule has 0 aliphatic rings. The Bertz CT molecular complexity index is 597. The largest absolute Gasteiger partial charge is 0.507 e. The molecular formula is C16H23N4O+. The van der Waals surface area contributed by atoms with Crippen LogP contribution < -0.4 is 0 Å². The molecule has 0 bridgehead atoms. The highest BCUT2D eigenvalue weighted by atomic mass is 16.3. The highest BCUT2D eigenvalue weighted by Gasteiger charge is 2.10. The van der Waals surface area contributed by atoms with E-state index < -0.39 is 0 Å². The summed E-state index contributed by atoms with van der Waals surface area (Å²) in [4.78, 5) is 11.6. The molecular weight excluding hydrogens is 264 g/mol. The van der Waals surface area contributed by atoms with Gasteiger partial charge < -0.3 is 14.6 Å². The summed E-state index contributed by atoms with van der Waals surface area (Å²) in [5, 5.41) is 9.90. The second-order valence-corrected chi connectivity index (χ2v) is 6.16. The number of nitrogens with one attached hydrogen (secondary N) is 1. The van der Waals surface area contributed by atoms with Crippen LogP contribution in [0.25, 0.3) is 0 Å². The number of aromatic nitrogens is 2. The van der Waals surface area contributed by atoms with Crippen LogP contribution >= 0.6 is 0 Å². The van der Waals surface area contributed by atoms with Crippen molar-refractivity contribution in [1.82, 2.24) is 9.97 Å². The Morgan fingerprint density at radius 3 is 2.81 bits per heavy atom. The number of imidazole rings is 1. The van der Waals surface area contributed by atoms with E-state index in [0.717, 1.165) is 28.8 Å². The first-order valence-corrected chi connectivity index (χ1v) is 7.04. The van der Waals surface area contributed by atoms with Crippen LogP contribution in [0.4, 0.5) is 0 Å². The number of benzene rings is 1. The fourth-order valence-corrected chi connectivity index (χ4v) is 2.12. The average molecular weight is 287 g/mol. The lowest BCUT2D eigenvalue weighted by Gasteiger charge is -2.24. The Balaban J connectivity index is 1.99. The molecule has 0 aliphatic carbocycles. The van der Waals surface area contributed by atoms with Gasteiger partial charge in [-0.25, -0.2) is 4.98 Å². The van der Waals surface area contributed by atoms with Gasteiger partial charge in [-0.3, -0.25) is 4.99 Å². The molecule has 0 aliphatic heterocycles. The minimum absolute atomic E-state index is 0.266. The number of aliphatic imine (C=N–C) groups is 1. The van der Waals surface area contributed by atoms with E-state index in [1.165, 1.54) is 5.56 Å². The highest BCUT2D eigenvalue weighted by molar-refractivity contribution is 5.83. The Morgan fingerprint density at radius 1 is 1.33 bits per heavy atom. The van der Waals surface area contributed by atoms with Crippen molar-refractivity contribution in [2.45, 2.75) is 13.0 Å². The lowest BCUT2D eigenvalue weighted by molar-refractivity contribution is -0.884. The summed E-state index contributed by atoms with van der Waals surface area (Å²) in [7, 11) is 6.43. The first kappa shape index (κ1) is 15.3. The van der Waals surface area contributed by atoms with E-state index >= 15 is 0 Å². The average Bonchev–Trinajstić information content (AvgIpc) is 2.89. The molecule has 1 aromatic carbocycles. The molecule has 5 nitrogen and oxygen atoms in total. The molecule has 0 amide bonds. The van der Waals surface area contributed by atoms with Gasteiger partial charge in [0.15, 0.2) is 0 Å². The van der Waals surface area contributed by atoms with Gasteiger partial charge >= 0.3 is 0 Å². The van der Waals surface area contributed by atoms with Crippen LogP contribution in [0.2, 0.25) is 0 Å². The van der Waals surface area contributed by atoms with Crippen molar-refractivity contribution >= 4 is 6.21 Å². The Kier molecular flexibility index (Phi) is 4.75. The molecule has 1 aromatic heterocycles. The van der Waals surface area contributed by atoms with E-state index in [1.807, 2.05) is 12.1 Å². The number of H-pyrrole nitrogens is 1. The van der Waals surface area contributed by atoms with Gasteiger partial charge in [0, 0.05) is 42.7 Å². The fourth-order valence-electron chi connectivity index (χ4n) is 2.12. The Labute approximate surface area is 125 Å². The van der Waals surface area contributed by atoms with E-state index in [1.54, 1.807) is 24.7 Å². The third kappa shape index (κ3) is 5.04. The number of phenols is 1. The zero-order chi connectivity index (χ0) is 15.3. The molecule has 2 aromatic rings. The molecule has 2 rings (SSSR count). The summed E-state index contributed by atoms with van der Waals surface area (Å²) in [5.41, 5.74) is 1.95. The molecule has 0 saturated heterocycles. The minimum Gasteiger partial charge on any atom is -0.507 e. The first-order chi connectivity index (χ1) is 9.94. The summed E-state index contributed by atoms with van der Waals surface area (Å²) >= 11 is 0. The molecule has 0 fully saturated rings. The van der Waals surface area contributed by atoms with Crippen LogP contribution in [0.5, 0.6) is 5.75 Å². The number of aromatic amines is 1. The molecule has 0 radical (unpaired) electrons. The van der Waals surface area contributed by atoms with E-state index in [0.29, 0.717) is 6.54 Å². The Hall–Kier alpha value is -2.14. The molecule has 0 saturated carbocycles. The molecule has 5 heteroatoms. The Morgan fingerprint density at radius 2 is 2.14 bits per heavy atom. The van der Waals surface area contributed by atoms with E-state index in [4.69, 9.17) is 0 Å². The van der Waals surface area contributed by atoms with Crippen LogP contribution in [0.15, 0.2) is 35.6 Å². The highest BCUT2D eigenvalue weighted by Crippen LogP contribution is 2.18. The lowest BCUT2D eigenvalue weighted by Crippen LogP contribution is -2.33. The number of nitrogens with zero attached hydrogens (tertiary/aromatic N) is 3. The number of aromatic hydroxyl groups is 1. The fraction of sp³-hybridized carbons (Fsp3) is 0.375. The van der Waals surface area contributed by atoms with Crippen LogP contribution in [-0.2, 0) is 13.0 Å². The minimum atomic E-state index is 0.266. The molecule has 112 valence electrons. The van der Waals surface area contributed by atoms with Crippen molar-refractivity contribution in [3.63, 3.8) is 0 Å². The number of rotatable bonds is 6. The van der Waals surface area contributed by atoms with Gasteiger partial charge in [-0.15, -0.1) is 0 Å². The monoisotopic (exact) mass is 287 g/mol. The molecule has 0 spiro atoms. The molecule has 2 N–H and O–H groups in total. The third-order valence-electron chi connectivity index (χ3n) is 3.01. The van der Waals surface area contributed by atoms with Crippen molar-refractivity contribution in [2.24, 2.45) is 4.99 Å². The first-order valence-electron chi connectivity index (χ1n) is 7.04. The van der Waals surface area contributed by atoms with Crippen molar-refractivity contribution in [1.29, 1.82) is 0 Å². The predicted molar refractivity (Wildman–Crippen MR) is 84.6 cm³/mol. The van der Waals surface area contributed by atoms with Gasteiger partial charge in [-0.05, 0) is 18.2 Å². The van der Waals surface area contributed by atoms with Crippen LogP contribution in [0.1, 0.15) is 17.0 Å². The maximum absolute atomic E-state index is 9.90. The molecule has 1 heterocycles. The van der Waals surface area contributed by atoms with Crippen molar-refractivity contribution in [3.8, 4) is 5.75 Å². The normalized spacial score (nSPS) is 12.1. The SMILES string of the molecule is C[N+](C)(C)Cc1ccc(O)c(C=NCCc2ncc[nH]2)c1. The number of hydrogen-bond acceptors (Lipinski definition) is 3. The van der Waals surface area contributed by atoms with Gasteiger partial charge in [-0.1, -0.05) is 0 Å². The van der Waals surface area contributed by atoms with Crippen LogP contribution in [0.3, 0.4) is 0 Å². The second-order valence-electron chi connectivity index (χ2n) is 6.16. The van der Waals surface area contributed by atoms with Crippen LogP contribution in [-0.4, -0.2) is 53.5 Å². The maximum atomic E-state index is 9.90. The quantitative estimate of drug-likeness (QED) is 0.630. The van der Waals surface area contributed by atoms with Crippen molar-refractivity contribution < 1.29 is 9.59 Å². The summed E-state index contributed by atoms with van der Waals surface area (Å²) in [5.74, 6) is 1.19. The second kappa shape index (κ2) is 6.54. The van der Waals surface area contributed by atoms with Crippen molar-refractivity contribution in [3.05, 3.63) is 47.5 Å².